The van der Waals surface area contributed by atoms with Gasteiger partial charge in [-0.25, -0.2) is 4.79 Å². The van der Waals surface area contributed by atoms with Crippen molar-refractivity contribution in [2.24, 2.45) is 0 Å². The van der Waals surface area contributed by atoms with E-state index in [1.54, 1.807) is 9.80 Å². The number of nitrogens with zero attached hydrogens (tertiary/aromatic N) is 2. The highest BCUT2D eigenvalue weighted by molar-refractivity contribution is 5.78. The molecule has 2 amide bonds. The van der Waals surface area contributed by atoms with Gasteiger partial charge in [-0.2, -0.15) is 0 Å². The third-order valence-electron chi connectivity index (χ3n) is 3.46. The van der Waals surface area contributed by atoms with Gasteiger partial charge in [0.15, 0.2) is 0 Å². The van der Waals surface area contributed by atoms with Crippen molar-refractivity contribution in [1.29, 1.82) is 0 Å². The van der Waals surface area contributed by atoms with Crippen LogP contribution in [0.2, 0.25) is 0 Å². The zero-order chi connectivity index (χ0) is 16.2. The van der Waals surface area contributed by atoms with Gasteiger partial charge < -0.3 is 14.5 Å². The van der Waals surface area contributed by atoms with Crippen LogP contribution in [0.3, 0.4) is 0 Å². The standard InChI is InChI=1S/C17H24N2O3/c1-17(2,3)22-16(21)18-10-9-15(20)19(12-11-18)13-14-7-5-4-6-8-14/h4-8H,9-13H2,1-3H3. The van der Waals surface area contributed by atoms with Crippen LogP contribution in [0.25, 0.3) is 0 Å². The Morgan fingerprint density at radius 2 is 1.82 bits per heavy atom. The van der Waals surface area contributed by atoms with Gasteiger partial charge in [-0.3, -0.25) is 4.79 Å². The summed E-state index contributed by atoms with van der Waals surface area (Å²) in [5.74, 6) is 0.0786. The Morgan fingerprint density at radius 1 is 1.14 bits per heavy atom. The minimum atomic E-state index is -0.517. The number of amides is 2. The first kappa shape index (κ1) is 16.3. The third kappa shape index (κ3) is 4.76. The highest BCUT2D eigenvalue weighted by atomic mass is 16.6. The van der Waals surface area contributed by atoms with Gasteiger partial charge in [0.05, 0.1) is 0 Å². The number of rotatable bonds is 2. The molecular formula is C17H24N2O3. The maximum Gasteiger partial charge on any atom is 0.410 e. The Bertz CT molecular complexity index is 522. The van der Waals surface area contributed by atoms with Crippen molar-refractivity contribution >= 4 is 12.0 Å². The highest BCUT2D eigenvalue weighted by Crippen LogP contribution is 2.14. The molecule has 1 fully saturated rings. The number of carbonyl (C=O) groups excluding carboxylic acids is 2. The van der Waals surface area contributed by atoms with Gasteiger partial charge in [0.2, 0.25) is 5.91 Å². The molecule has 0 unspecified atom stereocenters. The van der Waals surface area contributed by atoms with Crippen LogP contribution in [0.4, 0.5) is 4.79 Å². The largest absolute Gasteiger partial charge is 0.444 e. The summed E-state index contributed by atoms with van der Waals surface area (Å²) in [6, 6.07) is 9.89. The molecule has 0 atom stereocenters. The van der Waals surface area contributed by atoms with Gasteiger partial charge in [0.1, 0.15) is 5.60 Å². The zero-order valence-corrected chi connectivity index (χ0v) is 13.5. The molecule has 5 heteroatoms. The Morgan fingerprint density at radius 3 is 2.45 bits per heavy atom. The SMILES string of the molecule is CC(C)(C)OC(=O)N1CCC(=O)N(Cc2ccccc2)CC1. The molecule has 0 aromatic heterocycles. The summed E-state index contributed by atoms with van der Waals surface area (Å²) in [5, 5.41) is 0. The minimum absolute atomic E-state index is 0.0786. The molecule has 0 bridgehead atoms. The normalized spacial score (nSPS) is 16.4. The molecule has 1 aliphatic rings. The van der Waals surface area contributed by atoms with Crippen LogP contribution < -0.4 is 0 Å². The first-order chi connectivity index (χ1) is 10.3. The molecule has 1 aromatic carbocycles. The summed E-state index contributed by atoms with van der Waals surface area (Å²) in [6.07, 6.45) is -0.00614. The van der Waals surface area contributed by atoms with E-state index in [9.17, 15) is 9.59 Å². The molecule has 120 valence electrons. The zero-order valence-electron chi connectivity index (χ0n) is 13.5. The lowest BCUT2D eigenvalue weighted by atomic mass is 10.2. The number of ether oxygens (including phenoxy) is 1. The van der Waals surface area contributed by atoms with Crippen LogP contribution in [0, 0.1) is 0 Å². The maximum absolute atomic E-state index is 12.2. The fourth-order valence-electron chi connectivity index (χ4n) is 2.35. The second-order valence-electron chi connectivity index (χ2n) is 6.52. The molecule has 1 aliphatic heterocycles. The number of hydrogen-bond acceptors (Lipinski definition) is 3. The van der Waals surface area contributed by atoms with E-state index in [1.165, 1.54) is 0 Å². The van der Waals surface area contributed by atoms with E-state index < -0.39 is 5.60 Å². The summed E-state index contributed by atoms with van der Waals surface area (Å²) in [4.78, 5) is 27.8. The molecule has 5 nitrogen and oxygen atoms in total. The van der Waals surface area contributed by atoms with E-state index in [2.05, 4.69) is 0 Å². The molecule has 0 radical (unpaired) electrons. The predicted octanol–water partition coefficient (Wildman–Crippen LogP) is 2.66. The van der Waals surface area contributed by atoms with Crippen molar-refractivity contribution < 1.29 is 14.3 Å². The van der Waals surface area contributed by atoms with E-state index in [0.29, 0.717) is 32.6 Å². The predicted molar refractivity (Wildman–Crippen MR) is 84.3 cm³/mol. The number of benzene rings is 1. The summed E-state index contributed by atoms with van der Waals surface area (Å²) in [7, 11) is 0. The van der Waals surface area contributed by atoms with Crippen LogP contribution in [0.15, 0.2) is 30.3 Å². The molecule has 0 saturated carbocycles. The lowest BCUT2D eigenvalue weighted by Gasteiger charge is -2.26. The van der Waals surface area contributed by atoms with Crippen molar-refractivity contribution in [3.8, 4) is 0 Å². The number of carbonyl (C=O) groups is 2. The van der Waals surface area contributed by atoms with Crippen molar-refractivity contribution in [3.63, 3.8) is 0 Å². The van der Waals surface area contributed by atoms with Crippen molar-refractivity contribution in [2.75, 3.05) is 19.6 Å². The van der Waals surface area contributed by atoms with Crippen molar-refractivity contribution in [2.45, 2.75) is 39.3 Å². The van der Waals surface area contributed by atoms with E-state index in [-0.39, 0.29) is 12.0 Å². The summed E-state index contributed by atoms with van der Waals surface area (Å²) >= 11 is 0. The van der Waals surface area contributed by atoms with Crippen LogP contribution in [0.5, 0.6) is 0 Å². The lowest BCUT2D eigenvalue weighted by Crippen LogP contribution is -2.39. The molecule has 0 N–H and O–H groups in total. The van der Waals surface area contributed by atoms with Crippen LogP contribution in [-0.2, 0) is 16.1 Å². The molecule has 1 aromatic rings. The quantitative estimate of drug-likeness (QED) is 0.844. The van der Waals surface area contributed by atoms with Gasteiger partial charge in [-0.05, 0) is 26.3 Å². The Balaban J connectivity index is 1.95. The second-order valence-corrected chi connectivity index (χ2v) is 6.52. The monoisotopic (exact) mass is 304 g/mol. The van der Waals surface area contributed by atoms with Crippen LogP contribution >= 0.6 is 0 Å². The molecular weight excluding hydrogens is 280 g/mol. The lowest BCUT2D eigenvalue weighted by molar-refractivity contribution is -0.130. The average molecular weight is 304 g/mol. The highest BCUT2D eigenvalue weighted by Gasteiger charge is 2.27. The van der Waals surface area contributed by atoms with Gasteiger partial charge in [0.25, 0.3) is 0 Å². The summed E-state index contributed by atoms with van der Waals surface area (Å²) in [5.41, 5.74) is 0.582. The van der Waals surface area contributed by atoms with Gasteiger partial charge in [0, 0.05) is 32.6 Å². The maximum atomic E-state index is 12.2. The van der Waals surface area contributed by atoms with E-state index >= 15 is 0 Å². The van der Waals surface area contributed by atoms with E-state index in [1.807, 2.05) is 51.1 Å². The first-order valence-corrected chi connectivity index (χ1v) is 7.65. The van der Waals surface area contributed by atoms with Gasteiger partial charge in [-0.1, -0.05) is 30.3 Å². The molecule has 0 spiro atoms. The van der Waals surface area contributed by atoms with Gasteiger partial charge in [-0.15, -0.1) is 0 Å². The average Bonchev–Trinajstić information content (AvgIpc) is 2.61. The van der Waals surface area contributed by atoms with Crippen molar-refractivity contribution in [3.05, 3.63) is 35.9 Å². The Hall–Kier alpha value is -2.04. The van der Waals surface area contributed by atoms with E-state index in [4.69, 9.17) is 4.74 Å². The van der Waals surface area contributed by atoms with Crippen LogP contribution in [-0.4, -0.2) is 47.0 Å². The van der Waals surface area contributed by atoms with Crippen LogP contribution in [0.1, 0.15) is 32.8 Å². The Labute approximate surface area is 131 Å². The first-order valence-electron chi connectivity index (χ1n) is 7.65. The molecule has 0 aliphatic carbocycles. The Kier molecular flexibility index (Phi) is 5.06. The topological polar surface area (TPSA) is 49.9 Å². The van der Waals surface area contributed by atoms with E-state index in [0.717, 1.165) is 5.56 Å². The third-order valence-corrected chi connectivity index (χ3v) is 3.46. The smallest absolute Gasteiger partial charge is 0.410 e. The summed E-state index contributed by atoms with van der Waals surface area (Å²) < 4.78 is 5.38. The summed E-state index contributed by atoms with van der Waals surface area (Å²) in [6.45, 7) is 7.57. The molecule has 22 heavy (non-hydrogen) atoms. The molecule has 2 rings (SSSR count). The second kappa shape index (κ2) is 6.81. The fraction of sp³-hybridized carbons (Fsp3) is 0.529. The molecule has 1 heterocycles. The number of hydrogen-bond donors (Lipinski definition) is 0. The minimum Gasteiger partial charge on any atom is -0.444 e. The van der Waals surface area contributed by atoms with Crippen molar-refractivity contribution in [1.82, 2.24) is 9.80 Å². The van der Waals surface area contributed by atoms with Gasteiger partial charge >= 0.3 is 6.09 Å². The molecule has 1 saturated heterocycles. The fourth-order valence-corrected chi connectivity index (χ4v) is 2.35.